The molecular weight excluding hydrogens is 523 g/mol. The topological polar surface area (TPSA) is 82.2 Å². The molecular formula is C26H17Cl3N4O3. The van der Waals surface area contributed by atoms with Crippen molar-refractivity contribution >= 4 is 63.5 Å². The maximum atomic E-state index is 12.5. The smallest absolute Gasteiger partial charge is 0.248 e. The molecule has 5 rings (SSSR count). The predicted octanol–water partition coefficient (Wildman–Crippen LogP) is 7.30. The van der Waals surface area contributed by atoms with Crippen molar-refractivity contribution in [2.24, 2.45) is 0 Å². The summed E-state index contributed by atoms with van der Waals surface area (Å²) in [7, 11) is 1.55. The van der Waals surface area contributed by atoms with Crippen molar-refractivity contribution in [2.45, 2.75) is 0 Å². The van der Waals surface area contributed by atoms with Gasteiger partial charge in [-0.1, -0.05) is 34.8 Å². The summed E-state index contributed by atoms with van der Waals surface area (Å²) in [5, 5.41) is 13.2. The molecule has 0 saturated carbocycles. The molecule has 36 heavy (non-hydrogen) atoms. The largest absolute Gasteiger partial charge is 0.495 e. The summed E-state index contributed by atoms with van der Waals surface area (Å²) >= 11 is 18.3. The number of furan rings is 1. The lowest BCUT2D eigenvalue weighted by Crippen LogP contribution is -2.07. The third-order valence-electron chi connectivity index (χ3n) is 5.19. The minimum Gasteiger partial charge on any atom is -0.495 e. The number of hydrogen-bond acceptors (Lipinski definition) is 5. The summed E-state index contributed by atoms with van der Waals surface area (Å²) < 4.78 is 11.0. The van der Waals surface area contributed by atoms with E-state index in [2.05, 4.69) is 15.5 Å². The number of rotatable bonds is 6. The van der Waals surface area contributed by atoms with Crippen molar-refractivity contribution in [1.29, 1.82) is 0 Å². The highest BCUT2D eigenvalue weighted by Gasteiger charge is 2.10. The number of amides is 1. The standard InChI is InChI=1S/C26H17Cl3N4O3/c1-35-25-7-3-19(14-21(25)29)33-31-22-6-2-18(13-23(22)32-33)30-26(34)9-5-20-4-8-24(36-20)15-10-16(27)12-17(28)11-15/h2-14H,1H3,(H,30,34)/b9-5+. The zero-order chi connectivity index (χ0) is 25.2. The van der Waals surface area contributed by atoms with E-state index in [1.165, 1.54) is 10.9 Å². The highest BCUT2D eigenvalue weighted by atomic mass is 35.5. The summed E-state index contributed by atoms with van der Waals surface area (Å²) in [4.78, 5) is 13.9. The minimum atomic E-state index is -0.326. The van der Waals surface area contributed by atoms with Crippen LogP contribution in [0.5, 0.6) is 5.75 Å². The van der Waals surface area contributed by atoms with Gasteiger partial charge in [0.05, 0.1) is 17.8 Å². The van der Waals surface area contributed by atoms with E-state index in [1.54, 1.807) is 79.9 Å². The van der Waals surface area contributed by atoms with Crippen LogP contribution >= 0.6 is 34.8 Å². The van der Waals surface area contributed by atoms with Gasteiger partial charge in [0.2, 0.25) is 5.91 Å². The molecule has 0 aliphatic carbocycles. The van der Waals surface area contributed by atoms with Gasteiger partial charge >= 0.3 is 0 Å². The maximum absolute atomic E-state index is 12.5. The van der Waals surface area contributed by atoms with Crippen LogP contribution in [0.2, 0.25) is 15.1 Å². The second-order valence-electron chi connectivity index (χ2n) is 7.69. The molecule has 0 fully saturated rings. The van der Waals surface area contributed by atoms with Crippen LogP contribution in [0.15, 0.2) is 77.2 Å². The van der Waals surface area contributed by atoms with Gasteiger partial charge in [-0.15, -0.1) is 10.2 Å². The molecule has 0 aliphatic heterocycles. The van der Waals surface area contributed by atoms with Crippen LogP contribution in [0.3, 0.4) is 0 Å². The van der Waals surface area contributed by atoms with Crippen molar-refractivity contribution < 1.29 is 13.9 Å². The summed E-state index contributed by atoms with van der Waals surface area (Å²) in [6, 6.07) is 19.2. The number of anilines is 1. The Morgan fingerprint density at radius 3 is 2.47 bits per heavy atom. The van der Waals surface area contributed by atoms with E-state index in [9.17, 15) is 4.79 Å². The highest BCUT2D eigenvalue weighted by Crippen LogP contribution is 2.29. The quantitative estimate of drug-likeness (QED) is 0.229. The Morgan fingerprint density at radius 1 is 0.944 bits per heavy atom. The van der Waals surface area contributed by atoms with Crippen LogP contribution in [-0.2, 0) is 4.79 Å². The van der Waals surface area contributed by atoms with Crippen molar-refractivity contribution in [3.8, 4) is 22.8 Å². The summed E-state index contributed by atoms with van der Waals surface area (Å²) in [5.74, 6) is 1.33. The van der Waals surface area contributed by atoms with Crippen molar-refractivity contribution in [3.63, 3.8) is 0 Å². The molecule has 1 N–H and O–H groups in total. The van der Waals surface area contributed by atoms with Gasteiger partial charge < -0.3 is 14.5 Å². The molecule has 3 aromatic carbocycles. The second-order valence-corrected chi connectivity index (χ2v) is 8.97. The summed E-state index contributed by atoms with van der Waals surface area (Å²) in [6.45, 7) is 0. The van der Waals surface area contributed by atoms with Gasteiger partial charge in [0, 0.05) is 27.4 Å². The molecule has 2 aromatic heterocycles. The Morgan fingerprint density at radius 2 is 1.72 bits per heavy atom. The van der Waals surface area contributed by atoms with E-state index in [1.807, 2.05) is 0 Å². The maximum Gasteiger partial charge on any atom is 0.248 e. The van der Waals surface area contributed by atoms with E-state index in [0.717, 1.165) is 5.56 Å². The number of carbonyl (C=O) groups excluding carboxylic acids is 1. The second kappa shape index (κ2) is 10.1. The third-order valence-corrected chi connectivity index (χ3v) is 5.92. The van der Waals surface area contributed by atoms with Crippen LogP contribution in [0.1, 0.15) is 5.76 Å². The molecule has 0 atom stereocenters. The van der Waals surface area contributed by atoms with Crippen LogP contribution in [0.4, 0.5) is 5.69 Å². The number of ether oxygens (including phenoxy) is 1. The van der Waals surface area contributed by atoms with E-state index in [-0.39, 0.29) is 5.91 Å². The first-order valence-corrected chi connectivity index (χ1v) is 11.8. The van der Waals surface area contributed by atoms with Gasteiger partial charge in [-0.25, -0.2) is 0 Å². The number of carbonyl (C=O) groups is 1. The fraction of sp³-hybridized carbons (Fsp3) is 0.0385. The molecule has 1 amide bonds. The van der Waals surface area contributed by atoms with Crippen LogP contribution < -0.4 is 10.1 Å². The Hall–Kier alpha value is -3.78. The van der Waals surface area contributed by atoms with Crippen LogP contribution in [0.25, 0.3) is 34.1 Å². The van der Waals surface area contributed by atoms with Gasteiger partial charge in [-0.3, -0.25) is 4.79 Å². The fourth-order valence-corrected chi connectivity index (χ4v) is 4.30. The number of nitrogens with zero attached hydrogens (tertiary/aromatic N) is 3. The van der Waals surface area contributed by atoms with Crippen LogP contribution in [0, 0.1) is 0 Å². The molecule has 0 bridgehead atoms. The van der Waals surface area contributed by atoms with Gasteiger partial charge in [0.25, 0.3) is 0 Å². The monoisotopic (exact) mass is 538 g/mol. The highest BCUT2D eigenvalue weighted by molar-refractivity contribution is 6.35. The predicted molar refractivity (Wildman–Crippen MR) is 142 cm³/mol. The first kappa shape index (κ1) is 23.9. The number of methoxy groups -OCH3 is 1. The zero-order valence-corrected chi connectivity index (χ0v) is 21.0. The summed E-state index contributed by atoms with van der Waals surface area (Å²) in [5.41, 5.74) is 3.28. The Labute approximate surface area is 220 Å². The molecule has 0 radical (unpaired) electrons. The van der Waals surface area contributed by atoms with E-state index >= 15 is 0 Å². The Bertz CT molecular complexity index is 1600. The number of benzene rings is 3. The molecule has 2 heterocycles. The minimum absolute atomic E-state index is 0.326. The van der Waals surface area contributed by atoms with Gasteiger partial charge in [0.15, 0.2) is 0 Å². The number of fused-ring (bicyclic) bond motifs is 1. The first-order valence-electron chi connectivity index (χ1n) is 10.6. The molecule has 7 nitrogen and oxygen atoms in total. The fourth-order valence-electron chi connectivity index (χ4n) is 3.52. The normalized spacial score (nSPS) is 11.3. The zero-order valence-electron chi connectivity index (χ0n) is 18.7. The molecule has 5 aromatic rings. The van der Waals surface area contributed by atoms with Crippen molar-refractivity contribution in [3.05, 3.63) is 93.6 Å². The Balaban J connectivity index is 1.28. The molecule has 0 unspecified atom stereocenters. The van der Waals surface area contributed by atoms with Gasteiger partial charge in [-0.05, 0) is 72.8 Å². The molecule has 180 valence electrons. The average molecular weight is 540 g/mol. The molecule has 0 saturated heterocycles. The molecule has 10 heteroatoms. The molecule has 0 spiro atoms. The lowest BCUT2D eigenvalue weighted by molar-refractivity contribution is -0.111. The summed E-state index contributed by atoms with van der Waals surface area (Å²) in [6.07, 6.45) is 2.96. The van der Waals surface area contributed by atoms with E-state index in [4.69, 9.17) is 44.0 Å². The average Bonchev–Trinajstić information content (AvgIpc) is 3.49. The first-order chi connectivity index (χ1) is 17.4. The van der Waals surface area contributed by atoms with Crippen molar-refractivity contribution in [1.82, 2.24) is 15.0 Å². The van der Waals surface area contributed by atoms with Gasteiger partial charge in [-0.2, -0.15) is 4.80 Å². The van der Waals surface area contributed by atoms with Gasteiger partial charge in [0.1, 0.15) is 28.3 Å². The lowest BCUT2D eigenvalue weighted by atomic mass is 10.2. The number of nitrogens with one attached hydrogen (secondary N) is 1. The lowest BCUT2D eigenvalue weighted by Gasteiger charge is -2.04. The molecule has 0 aliphatic rings. The SMILES string of the molecule is COc1ccc(-n2nc3ccc(NC(=O)/C=C/c4ccc(-c5cc(Cl)cc(Cl)c5)o4)cc3n2)cc1Cl. The van der Waals surface area contributed by atoms with Crippen molar-refractivity contribution in [2.75, 3.05) is 12.4 Å². The number of halogens is 3. The number of aromatic nitrogens is 3. The number of hydrogen-bond donors (Lipinski definition) is 1. The Kier molecular flexibility index (Phi) is 6.69. The third kappa shape index (κ3) is 5.23. The van der Waals surface area contributed by atoms with E-state index in [0.29, 0.717) is 54.7 Å². The van der Waals surface area contributed by atoms with E-state index < -0.39 is 0 Å². The van der Waals surface area contributed by atoms with Crippen LogP contribution in [-0.4, -0.2) is 28.0 Å².